The summed E-state index contributed by atoms with van der Waals surface area (Å²) in [5.74, 6) is 2.46. The molecule has 3 heterocycles. The number of aromatic nitrogens is 2. The van der Waals surface area contributed by atoms with Crippen molar-refractivity contribution in [1.82, 2.24) is 9.78 Å². The van der Waals surface area contributed by atoms with Crippen LogP contribution in [0.4, 0.5) is 0 Å². The van der Waals surface area contributed by atoms with Crippen LogP contribution in [0, 0.1) is 0 Å². The molecule has 1 aromatic heterocycles. The number of hydrogen-bond acceptors (Lipinski definition) is 3. The van der Waals surface area contributed by atoms with Crippen molar-refractivity contribution in [2.75, 3.05) is 18.1 Å². The second-order valence-electron chi connectivity index (χ2n) is 5.66. The molecule has 0 radical (unpaired) electrons. The molecule has 5 heteroatoms. The van der Waals surface area contributed by atoms with E-state index in [9.17, 15) is 0 Å². The zero-order valence-electron chi connectivity index (χ0n) is 11.3. The molecule has 3 nitrogen and oxygen atoms in total. The van der Waals surface area contributed by atoms with E-state index in [2.05, 4.69) is 16.0 Å². The van der Waals surface area contributed by atoms with Gasteiger partial charge < -0.3 is 4.74 Å². The van der Waals surface area contributed by atoms with Crippen molar-refractivity contribution in [3.63, 3.8) is 0 Å². The Balaban J connectivity index is 1.73. The van der Waals surface area contributed by atoms with E-state index in [1.807, 2.05) is 24.9 Å². The number of alkyl halides is 1. The fourth-order valence-corrected chi connectivity index (χ4v) is 4.43. The topological polar surface area (TPSA) is 27.1 Å². The molecule has 0 amide bonds. The van der Waals surface area contributed by atoms with E-state index < -0.39 is 0 Å². The molecule has 0 aliphatic carbocycles. The molecule has 0 N–H and O–H groups in total. The van der Waals surface area contributed by atoms with Gasteiger partial charge in [-0.2, -0.15) is 16.9 Å². The molecule has 2 aliphatic heterocycles. The Hall–Kier alpha value is -0.190. The van der Waals surface area contributed by atoms with Crippen LogP contribution in [-0.2, 0) is 4.74 Å². The second-order valence-corrected chi connectivity index (χ2v) is 7.54. The third-order valence-corrected chi connectivity index (χ3v) is 5.56. The summed E-state index contributed by atoms with van der Waals surface area (Å²) in [6.07, 6.45) is 8.55. The predicted octanol–water partition coefficient (Wildman–Crippen LogP) is 3.80. The Morgan fingerprint density at radius 3 is 3.00 bits per heavy atom. The van der Waals surface area contributed by atoms with Crippen LogP contribution in [0.2, 0.25) is 0 Å². The highest BCUT2D eigenvalue weighted by atomic mass is 35.5. The van der Waals surface area contributed by atoms with Crippen molar-refractivity contribution >= 4 is 23.4 Å². The van der Waals surface area contributed by atoms with Crippen LogP contribution in [0.5, 0.6) is 0 Å². The van der Waals surface area contributed by atoms with Gasteiger partial charge in [0.2, 0.25) is 0 Å². The number of nitrogens with zero attached hydrogens (tertiary/aromatic N) is 2. The first-order valence-electron chi connectivity index (χ1n) is 7.08. The molecule has 0 aromatic carbocycles. The van der Waals surface area contributed by atoms with E-state index >= 15 is 0 Å². The van der Waals surface area contributed by atoms with Gasteiger partial charge in [-0.1, -0.05) is 0 Å². The first kappa shape index (κ1) is 13.8. The number of ether oxygens (including phenoxy) is 1. The van der Waals surface area contributed by atoms with Crippen LogP contribution < -0.4 is 0 Å². The third kappa shape index (κ3) is 2.96. The van der Waals surface area contributed by atoms with Crippen LogP contribution in [-0.4, -0.2) is 33.5 Å². The summed E-state index contributed by atoms with van der Waals surface area (Å²) < 4.78 is 8.24. The molecule has 3 rings (SSSR count). The van der Waals surface area contributed by atoms with Gasteiger partial charge in [0.25, 0.3) is 0 Å². The van der Waals surface area contributed by atoms with Gasteiger partial charge in [-0.15, -0.1) is 11.6 Å². The highest BCUT2D eigenvalue weighted by Crippen LogP contribution is 2.41. The summed E-state index contributed by atoms with van der Waals surface area (Å²) in [4.78, 5) is 0. The molecule has 2 fully saturated rings. The summed E-state index contributed by atoms with van der Waals surface area (Å²) in [5, 5.41) is 4.55. The van der Waals surface area contributed by atoms with Gasteiger partial charge >= 0.3 is 0 Å². The summed E-state index contributed by atoms with van der Waals surface area (Å²) in [7, 11) is 0. The Morgan fingerprint density at radius 2 is 2.32 bits per heavy atom. The molecule has 1 spiro atoms. The van der Waals surface area contributed by atoms with Gasteiger partial charge in [-0.25, -0.2) is 0 Å². The first-order chi connectivity index (χ1) is 9.19. The standard InChI is InChI=1S/C14H21ClN2OS/c1-11(15)12-9-16-17(10-12)13-2-5-18-14(8-13)3-6-19-7-4-14/h9-11,13H,2-8H2,1H3. The molecular weight excluding hydrogens is 280 g/mol. The van der Waals surface area contributed by atoms with Gasteiger partial charge in [0.1, 0.15) is 0 Å². The summed E-state index contributed by atoms with van der Waals surface area (Å²) >= 11 is 8.16. The van der Waals surface area contributed by atoms with Crippen molar-refractivity contribution in [2.24, 2.45) is 0 Å². The minimum absolute atomic E-state index is 0.0358. The van der Waals surface area contributed by atoms with E-state index in [0.29, 0.717) is 6.04 Å². The smallest absolute Gasteiger partial charge is 0.0718 e. The van der Waals surface area contributed by atoms with E-state index in [-0.39, 0.29) is 11.0 Å². The molecule has 106 valence electrons. The van der Waals surface area contributed by atoms with Crippen LogP contribution in [0.25, 0.3) is 0 Å². The predicted molar refractivity (Wildman–Crippen MR) is 80.0 cm³/mol. The largest absolute Gasteiger partial charge is 0.375 e. The lowest BCUT2D eigenvalue weighted by atomic mass is 9.85. The molecule has 2 atom stereocenters. The zero-order valence-corrected chi connectivity index (χ0v) is 12.9. The highest BCUT2D eigenvalue weighted by Gasteiger charge is 2.39. The lowest BCUT2D eigenvalue weighted by Crippen LogP contribution is -2.43. The molecule has 2 aliphatic rings. The maximum atomic E-state index is 6.13. The van der Waals surface area contributed by atoms with Crippen LogP contribution in [0.3, 0.4) is 0 Å². The number of rotatable bonds is 2. The SMILES string of the molecule is CC(Cl)c1cnn(C2CCOC3(CCSCC3)C2)c1. The molecular formula is C14H21ClN2OS. The normalized spacial score (nSPS) is 28.4. The van der Waals surface area contributed by atoms with E-state index in [1.54, 1.807) is 0 Å². The summed E-state index contributed by atoms with van der Waals surface area (Å²) in [6.45, 7) is 2.85. The van der Waals surface area contributed by atoms with Crippen molar-refractivity contribution in [2.45, 2.75) is 49.6 Å². The fourth-order valence-electron chi connectivity index (χ4n) is 3.08. The molecule has 0 saturated carbocycles. The van der Waals surface area contributed by atoms with Gasteiger partial charge in [-0.3, -0.25) is 4.68 Å². The van der Waals surface area contributed by atoms with Gasteiger partial charge in [0.15, 0.2) is 0 Å². The van der Waals surface area contributed by atoms with E-state index in [1.165, 1.54) is 24.3 Å². The van der Waals surface area contributed by atoms with Gasteiger partial charge in [0.05, 0.1) is 23.2 Å². The number of thioether (sulfide) groups is 1. The van der Waals surface area contributed by atoms with Crippen molar-refractivity contribution in [3.05, 3.63) is 18.0 Å². The van der Waals surface area contributed by atoms with Crippen LogP contribution in [0.15, 0.2) is 12.4 Å². The Labute approximate surface area is 124 Å². The molecule has 2 unspecified atom stereocenters. The van der Waals surface area contributed by atoms with Crippen LogP contribution >= 0.6 is 23.4 Å². The quantitative estimate of drug-likeness (QED) is 0.777. The van der Waals surface area contributed by atoms with Gasteiger partial charge in [-0.05, 0) is 44.1 Å². The van der Waals surface area contributed by atoms with Gasteiger partial charge in [0, 0.05) is 18.4 Å². The number of halogens is 1. The average Bonchev–Trinajstić information content (AvgIpc) is 2.89. The molecule has 2 saturated heterocycles. The maximum Gasteiger partial charge on any atom is 0.0718 e. The lowest BCUT2D eigenvalue weighted by molar-refractivity contribution is -0.100. The summed E-state index contributed by atoms with van der Waals surface area (Å²) in [6, 6.07) is 0.473. The van der Waals surface area contributed by atoms with Crippen molar-refractivity contribution in [1.29, 1.82) is 0 Å². The first-order valence-corrected chi connectivity index (χ1v) is 8.67. The minimum Gasteiger partial charge on any atom is -0.375 e. The van der Waals surface area contributed by atoms with Crippen molar-refractivity contribution in [3.8, 4) is 0 Å². The second kappa shape index (κ2) is 5.66. The lowest BCUT2D eigenvalue weighted by Gasteiger charge is -2.43. The Morgan fingerprint density at radius 1 is 1.53 bits per heavy atom. The molecule has 1 aromatic rings. The van der Waals surface area contributed by atoms with E-state index in [4.69, 9.17) is 16.3 Å². The van der Waals surface area contributed by atoms with E-state index in [0.717, 1.165) is 25.0 Å². The average molecular weight is 301 g/mol. The molecule has 0 bridgehead atoms. The Kier molecular flexibility index (Phi) is 4.11. The maximum absolute atomic E-state index is 6.13. The van der Waals surface area contributed by atoms with Crippen LogP contribution in [0.1, 0.15) is 49.6 Å². The minimum atomic E-state index is 0.0358. The highest BCUT2D eigenvalue weighted by molar-refractivity contribution is 7.99. The van der Waals surface area contributed by atoms with Crippen molar-refractivity contribution < 1.29 is 4.74 Å². The monoisotopic (exact) mass is 300 g/mol. The summed E-state index contributed by atoms with van der Waals surface area (Å²) in [5.41, 5.74) is 1.23. The zero-order chi connectivity index (χ0) is 13.3. The third-order valence-electron chi connectivity index (χ3n) is 4.33. The Bertz CT molecular complexity index is 423. The number of hydrogen-bond donors (Lipinski definition) is 0. The fraction of sp³-hybridized carbons (Fsp3) is 0.786. The molecule has 19 heavy (non-hydrogen) atoms.